The van der Waals surface area contributed by atoms with Gasteiger partial charge in [0.1, 0.15) is 0 Å². The summed E-state index contributed by atoms with van der Waals surface area (Å²) in [6.45, 7) is 8.60. The third-order valence-electron chi connectivity index (χ3n) is 5.06. The molecule has 0 amide bonds. The number of pyridine rings is 1. The van der Waals surface area contributed by atoms with Crippen LogP contribution in [0.3, 0.4) is 0 Å². The second-order valence-electron chi connectivity index (χ2n) is 7.24. The quantitative estimate of drug-likeness (QED) is 0.242. The molecule has 7 heteroatoms. The van der Waals surface area contributed by atoms with Crippen molar-refractivity contribution in [2.75, 3.05) is 39.8 Å². The van der Waals surface area contributed by atoms with Gasteiger partial charge in [-0.05, 0) is 63.7 Å². The Kier molecular flexibility index (Phi) is 12.4. The molecular formula is C20H36IN5O. The van der Waals surface area contributed by atoms with E-state index < -0.39 is 0 Å². The number of aryl methyl sites for hydroxylation is 1. The molecule has 0 spiro atoms. The SMILES string of the molecule is CN=C(NCCCCn1ccccc1=O)NCCCN1CCC(C)CC1.I. The molecule has 2 heterocycles. The molecule has 1 aromatic rings. The first-order chi connectivity index (χ1) is 12.7. The maximum Gasteiger partial charge on any atom is 0.250 e. The Morgan fingerprint density at radius 1 is 1.11 bits per heavy atom. The number of halogens is 1. The third-order valence-corrected chi connectivity index (χ3v) is 5.06. The van der Waals surface area contributed by atoms with Crippen LogP contribution in [-0.4, -0.2) is 55.2 Å². The number of hydrogen-bond donors (Lipinski definition) is 2. The van der Waals surface area contributed by atoms with Crippen LogP contribution in [0.2, 0.25) is 0 Å². The average molecular weight is 489 g/mol. The zero-order valence-corrected chi connectivity index (χ0v) is 19.2. The van der Waals surface area contributed by atoms with Crippen molar-refractivity contribution in [1.29, 1.82) is 0 Å². The molecule has 0 radical (unpaired) electrons. The van der Waals surface area contributed by atoms with Crippen molar-refractivity contribution in [3.63, 3.8) is 0 Å². The van der Waals surface area contributed by atoms with Crippen molar-refractivity contribution < 1.29 is 0 Å². The summed E-state index contributed by atoms with van der Waals surface area (Å²) in [7, 11) is 1.81. The molecule has 2 N–H and O–H groups in total. The van der Waals surface area contributed by atoms with Crippen LogP contribution in [0.25, 0.3) is 0 Å². The van der Waals surface area contributed by atoms with Gasteiger partial charge in [-0.3, -0.25) is 9.79 Å². The van der Waals surface area contributed by atoms with Crippen molar-refractivity contribution in [2.24, 2.45) is 10.9 Å². The number of unbranched alkanes of at least 4 members (excludes halogenated alkanes) is 1. The van der Waals surface area contributed by atoms with E-state index in [-0.39, 0.29) is 29.5 Å². The Labute approximate surface area is 180 Å². The van der Waals surface area contributed by atoms with Gasteiger partial charge in [0.15, 0.2) is 5.96 Å². The summed E-state index contributed by atoms with van der Waals surface area (Å²) < 4.78 is 1.76. The van der Waals surface area contributed by atoms with Crippen LogP contribution in [0.15, 0.2) is 34.2 Å². The van der Waals surface area contributed by atoms with Crippen LogP contribution in [0.5, 0.6) is 0 Å². The standard InChI is InChI=1S/C20H35N5O.HI/c1-18-9-16-24(17-10-18)13-7-12-23-20(21-2)22-11-4-6-15-25-14-5-3-8-19(25)26;/h3,5,8,14,18H,4,6-7,9-13,15-17H2,1-2H3,(H2,21,22,23);1H. The first kappa shape index (κ1) is 23.9. The highest BCUT2D eigenvalue weighted by atomic mass is 127. The van der Waals surface area contributed by atoms with Gasteiger partial charge in [0, 0.05) is 38.9 Å². The largest absolute Gasteiger partial charge is 0.356 e. The first-order valence-corrected chi connectivity index (χ1v) is 10.0. The molecule has 2 rings (SSSR count). The molecule has 1 aliphatic rings. The van der Waals surface area contributed by atoms with E-state index in [9.17, 15) is 4.79 Å². The summed E-state index contributed by atoms with van der Waals surface area (Å²) in [5, 5.41) is 6.74. The minimum Gasteiger partial charge on any atom is -0.356 e. The van der Waals surface area contributed by atoms with Crippen molar-refractivity contribution in [3.8, 4) is 0 Å². The topological polar surface area (TPSA) is 61.7 Å². The lowest BCUT2D eigenvalue weighted by Crippen LogP contribution is -2.40. The van der Waals surface area contributed by atoms with Crippen molar-refractivity contribution in [1.82, 2.24) is 20.1 Å². The average Bonchev–Trinajstić information content (AvgIpc) is 2.66. The zero-order valence-electron chi connectivity index (χ0n) is 16.8. The van der Waals surface area contributed by atoms with Gasteiger partial charge < -0.3 is 20.1 Å². The van der Waals surface area contributed by atoms with Crippen LogP contribution in [0.4, 0.5) is 0 Å². The summed E-state index contributed by atoms with van der Waals surface area (Å²) in [6, 6.07) is 5.28. The van der Waals surface area contributed by atoms with Crippen LogP contribution in [-0.2, 0) is 6.54 Å². The fraction of sp³-hybridized carbons (Fsp3) is 0.700. The Balaban J connectivity index is 0.00000364. The molecule has 0 bridgehead atoms. The van der Waals surface area contributed by atoms with E-state index in [0.717, 1.165) is 50.8 Å². The molecule has 0 aromatic carbocycles. The van der Waals surface area contributed by atoms with Crippen LogP contribution < -0.4 is 16.2 Å². The van der Waals surface area contributed by atoms with Crippen molar-refractivity contribution >= 4 is 29.9 Å². The molecule has 27 heavy (non-hydrogen) atoms. The van der Waals surface area contributed by atoms with Gasteiger partial charge in [-0.25, -0.2) is 0 Å². The lowest BCUT2D eigenvalue weighted by molar-refractivity contribution is 0.191. The number of hydrogen-bond acceptors (Lipinski definition) is 3. The molecule has 0 saturated carbocycles. The molecule has 0 aliphatic carbocycles. The fourth-order valence-electron chi connectivity index (χ4n) is 3.28. The maximum absolute atomic E-state index is 11.6. The summed E-state index contributed by atoms with van der Waals surface area (Å²) in [5.41, 5.74) is 0.0705. The molecule has 0 atom stereocenters. The van der Waals surface area contributed by atoms with Crippen LogP contribution in [0, 0.1) is 5.92 Å². The van der Waals surface area contributed by atoms with E-state index in [1.165, 1.54) is 32.5 Å². The summed E-state index contributed by atoms with van der Waals surface area (Å²) >= 11 is 0. The van der Waals surface area contributed by atoms with Crippen molar-refractivity contribution in [3.05, 3.63) is 34.7 Å². The third kappa shape index (κ3) is 9.60. The van der Waals surface area contributed by atoms with E-state index >= 15 is 0 Å². The molecule has 154 valence electrons. The molecular weight excluding hydrogens is 453 g/mol. The summed E-state index contributed by atoms with van der Waals surface area (Å²) in [5.74, 6) is 1.77. The number of aliphatic imine (C=N–C) groups is 1. The Hall–Kier alpha value is -1.09. The predicted molar refractivity (Wildman–Crippen MR) is 124 cm³/mol. The first-order valence-electron chi connectivity index (χ1n) is 10.0. The monoisotopic (exact) mass is 489 g/mol. The molecule has 1 fully saturated rings. The number of nitrogens with zero attached hydrogens (tertiary/aromatic N) is 3. The highest BCUT2D eigenvalue weighted by Crippen LogP contribution is 2.15. The Morgan fingerprint density at radius 2 is 1.81 bits per heavy atom. The minimum absolute atomic E-state index is 0. The Morgan fingerprint density at radius 3 is 2.48 bits per heavy atom. The lowest BCUT2D eigenvalue weighted by Gasteiger charge is -2.30. The van der Waals surface area contributed by atoms with Gasteiger partial charge >= 0.3 is 0 Å². The molecule has 1 saturated heterocycles. The Bertz CT molecular complexity index is 596. The van der Waals surface area contributed by atoms with E-state index in [4.69, 9.17) is 0 Å². The van der Waals surface area contributed by atoms with Crippen LogP contribution >= 0.6 is 24.0 Å². The lowest BCUT2D eigenvalue weighted by atomic mass is 9.99. The number of likely N-dealkylation sites (tertiary alicyclic amines) is 1. The van der Waals surface area contributed by atoms with Gasteiger partial charge in [0.05, 0.1) is 0 Å². The van der Waals surface area contributed by atoms with E-state index in [1.54, 1.807) is 16.7 Å². The number of nitrogens with one attached hydrogen (secondary N) is 2. The second kappa shape index (κ2) is 14.0. The van der Waals surface area contributed by atoms with E-state index in [0.29, 0.717) is 0 Å². The van der Waals surface area contributed by atoms with E-state index in [2.05, 4.69) is 27.4 Å². The number of piperidine rings is 1. The second-order valence-corrected chi connectivity index (χ2v) is 7.24. The maximum atomic E-state index is 11.6. The number of rotatable bonds is 9. The minimum atomic E-state index is 0. The fourth-order valence-corrected chi connectivity index (χ4v) is 3.28. The zero-order chi connectivity index (χ0) is 18.6. The van der Waals surface area contributed by atoms with Crippen LogP contribution in [0.1, 0.15) is 39.0 Å². The molecule has 6 nitrogen and oxygen atoms in total. The van der Waals surface area contributed by atoms with E-state index in [1.807, 2.05) is 19.3 Å². The number of guanidine groups is 1. The van der Waals surface area contributed by atoms with Gasteiger partial charge in [-0.2, -0.15) is 0 Å². The molecule has 0 unspecified atom stereocenters. The smallest absolute Gasteiger partial charge is 0.250 e. The van der Waals surface area contributed by atoms with Gasteiger partial charge in [0.2, 0.25) is 5.56 Å². The van der Waals surface area contributed by atoms with Gasteiger partial charge in [0.25, 0.3) is 0 Å². The summed E-state index contributed by atoms with van der Waals surface area (Å²) in [6.07, 6.45) is 7.65. The summed E-state index contributed by atoms with van der Waals surface area (Å²) in [4.78, 5) is 18.5. The highest BCUT2D eigenvalue weighted by Gasteiger charge is 2.14. The normalized spacial score (nSPS) is 16.0. The van der Waals surface area contributed by atoms with Gasteiger partial charge in [-0.1, -0.05) is 13.0 Å². The molecule has 1 aliphatic heterocycles. The van der Waals surface area contributed by atoms with Gasteiger partial charge in [-0.15, -0.1) is 24.0 Å². The molecule has 1 aromatic heterocycles. The predicted octanol–water partition coefficient (Wildman–Crippen LogP) is 2.53. The van der Waals surface area contributed by atoms with Crippen molar-refractivity contribution in [2.45, 2.75) is 45.6 Å². The number of aromatic nitrogens is 1. The highest BCUT2D eigenvalue weighted by molar-refractivity contribution is 14.0.